The van der Waals surface area contributed by atoms with E-state index in [9.17, 15) is 13.2 Å². The Hall–Kier alpha value is -2.09. The normalized spacial score (nSPS) is 16.2. The minimum Gasteiger partial charge on any atom is -0.334 e. The molecule has 0 unspecified atom stereocenters. The van der Waals surface area contributed by atoms with E-state index in [-0.39, 0.29) is 23.5 Å². The zero-order valence-electron chi connectivity index (χ0n) is 16.4. The van der Waals surface area contributed by atoms with Crippen LogP contribution >= 0.6 is 11.6 Å². The van der Waals surface area contributed by atoms with E-state index >= 15 is 0 Å². The second-order valence-electron chi connectivity index (χ2n) is 7.17. The second kappa shape index (κ2) is 9.61. The summed E-state index contributed by atoms with van der Waals surface area (Å²) in [7, 11) is -3.56. The molecule has 2 aromatic rings. The standard InChI is InChI=1S/C21H26ClN3O3S/c1-16(17-9-11-19(22)12-10-17)24-21(26)23-15-18-7-3-4-8-20(18)29(27,28)25-13-5-2-6-14-25/h3-4,7-12,16H,2,5-6,13-15H2,1H3,(H2,23,24,26)/t16-/m0/s1. The Balaban J connectivity index is 1.65. The molecule has 6 nitrogen and oxygen atoms in total. The van der Waals surface area contributed by atoms with E-state index < -0.39 is 10.0 Å². The molecule has 1 fully saturated rings. The molecule has 0 saturated carbocycles. The summed E-state index contributed by atoms with van der Waals surface area (Å²) in [5, 5.41) is 6.26. The van der Waals surface area contributed by atoms with Crippen LogP contribution in [0.5, 0.6) is 0 Å². The predicted molar refractivity (Wildman–Crippen MR) is 114 cm³/mol. The fourth-order valence-corrected chi connectivity index (χ4v) is 5.27. The van der Waals surface area contributed by atoms with Gasteiger partial charge in [0.05, 0.1) is 10.9 Å². The first-order valence-corrected chi connectivity index (χ1v) is 11.6. The van der Waals surface area contributed by atoms with Gasteiger partial charge in [0, 0.05) is 24.7 Å². The number of nitrogens with zero attached hydrogens (tertiary/aromatic N) is 1. The smallest absolute Gasteiger partial charge is 0.315 e. The summed E-state index contributed by atoms with van der Waals surface area (Å²) in [5.74, 6) is 0. The molecule has 1 atom stereocenters. The van der Waals surface area contributed by atoms with Gasteiger partial charge in [-0.05, 0) is 49.1 Å². The molecule has 0 aromatic heterocycles. The lowest BCUT2D eigenvalue weighted by molar-refractivity contribution is 0.237. The molecule has 1 saturated heterocycles. The summed E-state index contributed by atoms with van der Waals surface area (Å²) >= 11 is 5.90. The van der Waals surface area contributed by atoms with Gasteiger partial charge in [0.25, 0.3) is 0 Å². The lowest BCUT2D eigenvalue weighted by Crippen LogP contribution is -2.38. The minimum absolute atomic E-state index is 0.127. The Morgan fingerprint density at radius 3 is 2.41 bits per heavy atom. The molecule has 2 aromatic carbocycles. The number of urea groups is 1. The van der Waals surface area contributed by atoms with Crippen LogP contribution in [-0.2, 0) is 16.6 Å². The van der Waals surface area contributed by atoms with Gasteiger partial charge >= 0.3 is 6.03 Å². The molecular formula is C21H26ClN3O3S. The predicted octanol–water partition coefficient (Wildman–Crippen LogP) is 4.08. The molecule has 2 amide bonds. The Kier molecular flexibility index (Phi) is 7.16. The van der Waals surface area contributed by atoms with Crippen molar-refractivity contribution in [2.45, 2.75) is 43.7 Å². The largest absolute Gasteiger partial charge is 0.334 e. The lowest BCUT2D eigenvalue weighted by Gasteiger charge is -2.27. The van der Waals surface area contributed by atoms with Crippen LogP contribution in [-0.4, -0.2) is 31.8 Å². The van der Waals surface area contributed by atoms with Gasteiger partial charge in [-0.25, -0.2) is 13.2 Å². The van der Waals surface area contributed by atoms with Crippen LogP contribution < -0.4 is 10.6 Å². The van der Waals surface area contributed by atoms with E-state index in [0.29, 0.717) is 23.7 Å². The van der Waals surface area contributed by atoms with Gasteiger partial charge in [0.2, 0.25) is 10.0 Å². The topological polar surface area (TPSA) is 78.5 Å². The van der Waals surface area contributed by atoms with Crippen molar-refractivity contribution < 1.29 is 13.2 Å². The maximum absolute atomic E-state index is 13.0. The highest BCUT2D eigenvalue weighted by atomic mass is 35.5. The van der Waals surface area contributed by atoms with Crippen molar-refractivity contribution in [1.29, 1.82) is 0 Å². The molecule has 156 valence electrons. The Labute approximate surface area is 177 Å². The number of amides is 2. The summed E-state index contributed by atoms with van der Waals surface area (Å²) in [6, 6.07) is 13.5. The molecule has 0 aliphatic carbocycles. The fraction of sp³-hybridized carbons (Fsp3) is 0.381. The van der Waals surface area contributed by atoms with Crippen LogP contribution in [0.1, 0.15) is 43.4 Å². The van der Waals surface area contributed by atoms with Crippen LogP contribution in [0.25, 0.3) is 0 Å². The van der Waals surface area contributed by atoms with Crippen molar-refractivity contribution >= 4 is 27.7 Å². The Bertz CT molecular complexity index is 942. The van der Waals surface area contributed by atoms with Gasteiger partial charge in [0.15, 0.2) is 0 Å². The Morgan fingerprint density at radius 1 is 1.07 bits per heavy atom. The average Bonchev–Trinajstić information content (AvgIpc) is 2.73. The molecule has 0 bridgehead atoms. The minimum atomic E-state index is -3.56. The number of sulfonamides is 1. The molecule has 2 N–H and O–H groups in total. The quantitative estimate of drug-likeness (QED) is 0.717. The number of hydrogen-bond acceptors (Lipinski definition) is 3. The first-order chi connectivity index (χ1) is 13.9. The zero-order valence-corrected chi connectivity index (χ0v) is 18.0. The molecule has 1 aliphatic rings. The number of rotatable bonds is 6. The number of carbonyl (C=O) groups is 1. The van der Waals surface area contributed by atoms with Crippen LogP contribution in [0.15, 0.2) is 53.4 Å². The number of benzene rings is 2. The van der Waals surface area contributed by atoms with Crippen molar-refractivity contribution in [2.75, 3.05) is 13.1 Å². The van der Waals surface area contributed by atoms with Crippen molar-refractivity contribution in [3.63, 3.8) is 0 Å². The molecule has 3 rings (SSSR count). The van der Waals surface area contributed by atoms with Crippen LogP contribution in [0.2, 0.25) is 5.02 Å². The van der Waals surface area contributed by atoms with E-state index in [1.807, 2.05) is 19.1 Å². The van der Waals surface area contributed by atoms with E-state index in [1.165, 1.54) is 4.31 Å². The molecule has 1 heterocycles. The molecule has 1 aliphatic heterocycles. The van der Waals surface area contributed by atoms with Crippen molar-refractivity contribution in [1.82, 2.24) is 14.9 Å². The monoisotopic (exact) mass is 435 g/mol. The van der Waals surface area contributed by atoms with Crippen LogP contribution in [0, 0.1) is 0 Å². The molecular weight excluding hydrogens is 410 g/mol. The van der Waals surface area contributed by atoms with Crippen LogP contribution in [0.3, 0.4) is 0 Å². The number of nitrogens with one attached hydrogen (secondary N) is 2. The lowest BCUT2D eigenvalue weighted by atomic mass is 10.1. The summed E-state index contributed by atoms with van der Waals surface area (Å²) in [5.41, 5.74) is 1.50. The summed E-state index contributed by atoms with van der Waals surface area (Å²) < 4.78 is 27.6. The molecule has 0 radical (unpaired) electrons. The number of carbonyl (C=O) groups excluding carboxylic acids is 1. The molecule has 0 spiro atoms. The highest BCUT2D eigenvalue weighted by Gasteiger charge is 2.27. The van der Waals surface area contributed by atoms with Crippen LogP contribution in [0.4, 0.5) is 4.79 Å². The first-order valence-electron chi connectivity index (χ1n) is 9.76. The van der Waals surface area contributed by atoms with E-state index in [4.69, 9.17) is 11.6 Å². The molecule has 29 heavy (non-hydrogen) atoms. The highest BCUT2D eigenvalue weighted by Crippen LogP contribution is 2.23. The van der Waals surface area contributed by atoms with Crippen molar-refractivity contribution in [3.8, 4) is 0 Å². The molecule has 8 heteroatoms. The van der Waals surface area contributed by atoms with E-state index in [1.54, 1.807) is 36.4 Å². The third kappa shape index (κ3) is 5.50. The van der Waals surface area contributed by atoms with Crippen molar-refractivity contribution in [3.05, 3.63) is 64.7 Å². The van der Waals surface area contributed by atoms with Gasteiger partial charge in [-0.15, -0.1) is 0 Å². The second-order valence-corrected chi connectivity index (χ2v) is 9.52. The number of halogens is 1. The number of piperidine rings is 1. The van der Waals surface area contributed by atoms with Gasteiger partial charge in [-0.2, -0.15) is 4.31 Å². The SMILES string of the molecule is C[C@H](NC(=O)NCc1ccccc1S(=O)(=O)N1CCCCC1)c1ccc(Cl)cc1. The van der Waals surface area contributed by atoms with Gasteiger partial charge in [0.1, 0.15) is 0 Å². The summed E-state index contributed by atoms with van der Waals surface area (Å²) in [6.45, 7) is 3.09. The summed E-state index contributed by atoms with van der Waals surface area (Å²) in [6.07, 6.45) is 2.82. The fourth-order valence-electron chi connectivity index (χ4n) is 3.40. The third-order valence-corrected chi connectivity index (χ3v) is 7.31. The van der Waals surface area contributed by atoms with E-state index in [0.717, 1.165) is 24.8 Å². The maximum Gasteiger partial charge on any atom is 0.315 e. The number of hydrogen-bond donors (Lipinski definition) is 2. The van der Waals surface area contributed by atoms with Gasteiger partial charge < -0.3 is 10.6 Å². The van der Waals surface area contributed by atoms with Gasteiger partial charge in [-0.3, -0.25) is 0 Å². The maximum atomic E-state index is 13.0. The Morgan fingerprint density at radius 2 is 1.72 bits per heavy atom. The van der Waals surface area contributed by atoms with E-state index in [2.05, 4.69) is 10.6 Å². The van der Waals surface area contributed by atoms with Crippen molar-refractivity contribution in [2.24, 2.45) is 0 Å². The zero-order chi connectivity index (χ0) is 20.9. The summed E-state index contributed by atoms with van der Waals surface area (Å²) in [4.78, 5) is 12.6. The third-order valence-electron chi connectivity index (χ3n) is 5.06. The van der Waals surface area contributed by atoms with Gasteiger partial charge in [-0.1, -0.05) is 48.4 Å². The first kappa shape index (κ1) is 21.6. The highest BCUT2D eigenvalue weighted by molar-refractivity contribution is 7.89. The average molecular weight is 436 g/mol.